The lowest BCUT2D eigenvalue weighted by atomic mass is 9.95. The predicted octanol–water partition coefficient (Wildman–Crippen LogP) is 6.92. The third-order valence-corrected chi connectivity index (χ3v) is 6.42. The molecule has 0 aromatic heterocycles. The van der Waals surface area contributed by atoms with E-state index < -0.39 is 0 Å². The van der Waals surface area contributed by atoms with Gasteiger partial charge in [0, 0.05) is 31.1 Å². The van der Waals surface area contributed by atoms with Crippen LogP contribution in [0, 0.1) is 0 Å². The molecule has 0 saturated heterocycles. The van der Waals surface area contributed by atoms with Crippen LogP contribution in [0.15, 0.2) is 4.47 Å². The Labute approximate surface area is 152 Å². The van der Waals surface area contributed by atoms with E-state index in [1.54, 1.807) is 0 Å². The minimum atomic E-state index is 0.858. The highest BCUT2D eigenvalue weighted by molar-refractivity contribution is 9.11. The standard InChI is InChI=1S/C11H10Br6/c12-1-6-7(2-13)9(4-15)11(17)10(5-16)8(6)3-14/h1-5H2. The Morgan fingerprint density at radius 3 is 0.941 bits per heavy atom. The Balaban J connectivity index is 3.66. The van der Waals surface area contributed by atoms with Crippen molar-refractivity contribution >= 4 is 95.6 Å². The van der Waals surface area contributed by atoms with E-state index >= 15 is 0 Å². The van der Waals surface area contributed by atoms with Gasteiger partial charge in [-0.3, -0.25) is 0 Å². The van der Waals surface area contributed by atoms with Gasteiger partial charge in [0.15, 0.2) is 0 Å². The van der Waals surface area contributed by atoms with Crippen LogP contribution in [0.4, 0.5) is 0 Å². The Hall–Kier alpha value is 2.10. The van der Waals surface area contributed by atoms with Crippen molar-refractivity contribution in [3.63, 3.8) is 0 Å². The van der Waals surface area contributed by atoms with E-state index in [0.29, 0.717) is 0 Å². The van der Waals surface area contributed by atoms with Gasteiger partial charge in [-0.1, -0.05) is 95.6 Å². The van der Waals surface area contributed by atoms with Crippen molar-refractivity contribution in [1.82, 2.24) is 0 Å². The molecule has 0 saturated carbocycles. The molecular formula is C11H10Br6. The average Bonchev–Trinajstić information content (AvgIpc) is 2.36. The Morgan fingerprint density at radius 2 is 0.706 bits per heavy atom. The van der Waals surface area contributed by atoms with Gasteiger partial charge in [-0.05, 0) is 27.8 Å². The van der Waals surface area contributed by atoms with Crippen LogP contribution in [-0.2, 0) is 26.7 Å². The molecule has 0 bridgehead atoms. The van der Waals surface area contributed by atoms with Crippen LogP contribution in [-0.4, -0.2) is 0 Å². The summed E-state index contributed by atoms with van der Waals surface area (Å²) in [5, 5.41) is 4.34. The Bertz CT molecular complexity index is 368. The Kier molecular flexibility index (Phi) is 8.48. The molecule has 96 valence electrons. The van der Waals surface area contributed by atoms with Crippen molar-refractivity contribution in [2.24, 2.45) is 0 Å². The van der Waals surface area contributed by atoms with Gasteiger partial charge in [-0.2, -0.15) is 0 Å². The number of benzene rings is 1. The molecule has 0 aliphatic rings. The van der Waals surface area contributed by atoms with Crippen molar-refractivity contribution in [1.29, 1.82) is 0 Å². The third kappa shape index (κ3) is 3.60. The maximum absolute atomic E-state index is 3.73. The molecule has 0 fully saturated rings. The third-order valence-electron chi connectivity index (χ3n) is 2.66. The average molecular weight is 622 g/mol. The highest BCUT2D eigenvalue weighted by Crippen LogP contribution is 2.38. The first-order valence-electron chi connectivity index (χ1n) is 4.79. The van der Waals surface area contributed by atoms with Gasteiger partial charge >= 0.3 is 0 Å². The number of rotatable bonds is 5. The van der Waals surface area contributed by atoms with Gasteiger partial charge in [0.25, 0.3) is 0 Å². The van der Waals surface area contributed by atoms with E-state index in [1.807, 2.05) is 0 Å². The number of hydrogen-bond acceptors (Lipinski definition) is 0. The molecule has 0 unspecified atom stereocenters. The van der Waals surface area contributed by atoms with Gasteiger partial charge in [0.1, 0.15) is 0 Å². The van der Waals surface area contributed by atoms with Crippen LogP contribution in [0.5, 0.6) is 0 Å². The first-order valence-corrected chi connectivity index (χ1v) is 11.2. The molecule has 0 heterocycles. The van der Waals surface area contributed by atoms with Crippen LogP contribution in [0.3, 0.4) is 0 Å². The quantitative estimate of drug-likeness (QED) is 0.313. The zero-order chi connectivity index (χ0) is 13.0. The molecule has 0 nitrogen and oxygen atoms in total. The van der Waals surface area contributed by atoms with E-state index in [1.165, 1.54) is 32.3 Å². The fourth-order valence-corrected chi connectivity index (χ4v) is 6.54. The molecule has 1 aromatic rings. The normalized spacial score (nSPS) is 10.9. The summed E-state index contributed by atoms with van der Waals surface area (Å²) in [5.41, 5.74) is 6.77. The molecular weight excluding hydrogens is 612 g/mol. The molecule has 0 spiro atoms. The summed E-state index contributed by atoms with van der Waals surface area (Å²) in [4.78, 5) is 0. The largest absolute Gasteiger partial charge is 0.0876 e. The molecule has 17 heavy (non-hydrogen) atoms. The lowest BCUT2D eigenvalue weighted by Gasteiger charge is -2.20. The predicted molar refractivity (Wildman–Crippen MR) is 97.3 cm³/mol. The van der Waals surface area contributed by atoms with Crippen LogP contribution >= 0.6 is 95.6 Å². The minimum Gasteiger partial charge on any atom is -0.0876 e. The second-order valence-corrected chi connectivity index (χ2v) is 6.97. The monoisotopic (exact) mass is 616 g/mol. The van der Waals surface area contributed by atoms with Crippen molar-refractivity contribution < 1.29 is 0 Å². The maximum Gasteiger partial charge on any atom is 0.0297 e. The van der Waals surface area contributed by atoms with E-state index in [2.05, 4.69) is 95.6 Å². The van der Waals surface area contributed by atoms with Crippen molar-refractivity contribution in [3.05, 3.63) is 32.3 Å². The molecule has 1 rings (SSSR count). The summed E-state index contributed by atoms with van der Waals surface area (Å²) >= 11 is 21.7. The fourth-order valence-electron chi connectivity index (χ4n) is 1.76. The second-order valence-electron chi connectivity index (χ2n) is 3.37. The number of hydrogen-bond donors (Lipinski definition) is 0. The van der Waals surface area contributed by atoms with Gasteiger partial charge in [-0.25, -0.2) is 0 Å². The lowest BCUT2D eigenvalue weighted by Crippen LogP contribution is -2.05. The van der Waals surface area contributed by atoms with Crippen LogP contribution in [0.1, 0.15) is 27.8 Å². The second kappa shape index (κ2) is 8.40. The summed E-state index contributed by atoms with van der Waals surface area (Å²) in [7, 11) is 0. The lowest BCUT2D eigenvalue weighted by molar-refractivity contribution is 1.12. The molecule has 0 atom stereocenters. The number of halogens is 6. The first-order chi connectivity index (χ1) is 8.15. The van der Waals surface area contributed by atoms with Crippen molar-refractivity contribution in [2.45, 2.75) is 26.7 Å². The molecule has 0 aliphatic heterocycles. The van der Waals surface area contributed by atoms with Gasteiger partial charge in [0.05, 0.1) is 0 Å². The zero-order valence-electron chi connectivity index (χ0n) is 8.80. The van der Waals surface area contributed by atoms with E-state index in [9.17, 15) is 0 Å². The summed E-state index contributed by atoms with van der Waals surface area (Å²) in [5.74, 6) is 0. The van der Waals surface area contributed by atoms with Crippen LogP contribution in [0.2, 0.25) is 0 Å². The SMILES string of the molecule is BrCc1c(Br)c(CBr)c(CBr)c(CBr)c1CBr. The molecule has 6 heteroatoms. The molecule has 0 N–H and O–H groups in total. The molecule has 0 radical (unpaired) electrons. The summed E-state index contributed by atoms with van der Waals surface area (Å²) in [6.45, 7) is 0. The number of alkyl halides is 5. The van der Waals surface area contributed by atoms with Crippen molar-refractivity contribution in [2.75, 3.05) is 0 Å². The maximum atomic E-state index is 3.73. The summed E-state index contributed by atoms with van der Waals surface area (Å²) in [6, 6.07) is 0. The van der Waals surface area contributed by atoms with E-state index in [4.69, 9.17) is 0 Å². The van der Waals surface area contributed by atoms with Crippen LogP contribution in [0.25, 0.3) is 0 Å². The molecule has 1 aromatic carbocycles. The molecule has 0 aliphatic carbocycles. The highest BCUT2D eigenvalue weighted by Gasteiger charge is 2.19. The van der Waals surface area contributed by atoms with Crippen LogP contribution < -0.4 is 0 Å². The van der Waals surface area contributed by atoms with Gasteiger partial charge in [-0.15, -0.1) is 0 Å². The fraction of sp³-hybridized carbons (Fsp3) is 0.455. The highest BCUT2D eigenvalue weighted by atomic mass is 79.9. The minimum absolute atomic E-state index is 0.858. The Morgan fingerprint density at radius 1 is 0.471 bits per heavy atom. The van der Waals surface area contributed by atoms with E-state index in [0.717, 1.165) is 26.7 Å². The van der Waals surface area contributed by atoms with Gasteiger partial charge < -0.3 is 0 Å². The van der Waals surface area contributed by atoms with E-state index in [-0.39, 0.29) is 0 Å². The summed E-state index contributed by atoms with van der Waals surface area (Å²) in [6.07, 6.45) is 0. The zero-order valence-corrected chi connectivity index (χ0v) is 18.3. The van der Waals surface area contributed by atoms with Crippen molar-refractivity contribution in [3.8, 4) is 0 Å². The smallest absolute Gasteiger partial charge is 0.0297 e. The topological polar surface area (TPSA) is 0 Å². The first kappa shape index (κ1) is 17.2. The summed E-state index contributed by atoms with van der Waals surface area (Å²) < 4.78 is 1.21. The molecule has 0 amide bonds. The van der Waals surface area contributed by atoms with Gasteiger partial charge in [0.2, 0.25) is 0 Å².